The summed E-state index contributed by atoms with van der Waals surface area (Å²) in [6.45, 7) is 1.70. The van der Waals surface area contributed by atoms with Crippen molar-refractivity contribution in [3.63, 3.8) is 0 Å². The summed E-state index contributed by atoms with van der Waals surface area (Å²) >= 11 is 0. The Hall–Kier alpha value is -1.19. The lowest BCUT2D eigenvalue weighted by atomic mass is 10.1. The first-order valence-corrected chi connectivity index (χ1v) is 4.35. The fourth-order valence-electron chi connectivity index (χ4n) is 0.933. The lowest BCUT2D eigenvalue weighted by Gasteiger charge is -2.00. The molecule has 0 fully saturated rings. The van der Waals surface area contributed by atoms with Gasteiger partial charge in [0.15, 0.2) is 0 Å². The molecule has 0 aliphatic rings. The summed E-state index contributed by atoms with van der Waals surface area (Å²) in [5, 5.41) is 8.54. The first kappa shape index (κ1) is 9.89. The van der Waals surface area contributed by atoms with Crippen molar-refractivity contribution in [3.05, 3.63) is 41.0 Å². The highest BCUT2D eigenvalue weighted by atomic mass is 31.0. The molecule has 0 heterocycles. The number of halogens is 1. The molecule has 0 amide bonds. The van der Waals surface area contributed by atoms with Crippen LogP contribution in [0.3, 0.4) is 0 Å². The van der Waals surface area contributed by atoms with E-state index in [4.69, 9.17) is 5.26 Å². The number of nitrogens with zero attached hydrogens (tertiary/aromatic N) is 1. The second kappa shape index (κ2) is 4.16. The van der Waals surface area contributed by atoms with E-state index in [0.717, 1.165) is 5.56 Å². The Balaban J connectivity index is 3.08. The van der Waals surface area contributed by atoms with E-state index in [-0.39, 0.29) is 5.57 Å². The van der Waals surface area contributed by atoms with E-state index in [1.807, 2.05) is 15.3 Å². The minimum atomic E-state index is -0.273. The van der Waals surface area contributed by atoms with Crippen molar-refractivity contribution >= 4 is 14.8 Å². The summed E-state index contributed by atoms with van der Waals surface area (Å²) in [7, 11) is 2.02. The third kappa shape index (κ3) is 2.37. The van der Waals surface area contributed by atoms with Crippen LogP contribution in [0.15, 0.2) is 29.8 Å². The van der Waals surface area contributed by atoms with Gasteiger partial charge in [0, 0.05) is 0 Å². The number of hydrogen-bond acceptors (Lipinski definition) is 1. The first-order chi connectivity index (χ1) is 6.15. The summed E-state index contributed by atoms with van der Waals surface area (Å²) in [5.41, 5.74) is 1.69. The van der Waals surface area contributed by atoms with Gasteiger partial charge in [0.25, 0.3) is 0 Å². The maximum atomic E-state index is 12.7. The van der Waals surface area contributed by atoms with Crippen molar-refractivity contribution in [1.82, 2.24) is 0 Å². The maximum absolute atomic E-state index is 12.7. The van der Waals surface area contributed by atoms with Gasteiger partial charge in [-0.15, -0.1) is 0 Å². The molecule has 1 unspecified atom stereocenters. The molecule has 0 aromatic heterocycles. The number of hydrogen-bond donors (Lipinski definition) is 0. The molecular weight excluding hydrogens is 184 g/mol. The molecule has 0 aliphatic carbocycles. The minimum Gasteiger partial charge on any atom is -0.207 e. The molecule has 0 bridgehead atoms. The Kier molecular flexibility index (Phi) is 3.17. The van der Waals surface area contributed by atoms with Gasteiger partial charge in [0.1, 0.15) is 5.57 Å². The molecule has 0 N–H and O–H groups in total. The fourth-order valence-corrected chi connectivity index (χ4v) is 1.10. The molecule has 1 nitrogen and oxygen atoms in total. The molecule has 0 saturated carbocycles. The second-order valence-corrected chi connectivity index (χ2v) is 3.17. The van der Waals surface area contributed by atoms with Gasteiger partial charge in [-0.3, -0.25) is 0 Å². The molecule has 13 heavy (non-hydrogen) atoms. The highest BCUT2D eigenvalue weighted by Crippen LogP contribution is 2.23. The summed E-state index contributed by atoms with van der Waals surface area (Å²) in [4.78, 5) is 0. The quantitative estimate of drug-likeness (QED) is 0.628. The van der Waals surface area contributed by atoms with Crippen LogP contribution in [0.2, 0.25) is 0 Å². The van der Waals surface area contributed by atoms with Gasteiger partial charge in [-0.2, -0.15) is 5.26 Å². The lowest BCUT2D eigenvalue weighted by molar-refractivity contribution is 0.702. The Morgan fingerprint density at radius 1 is 1.38 bits per heavy atom. The normalized spacial score (nSPS) is 11.8. The van der Waals surface area contributed by atoms with E-state index >= 15 is 0 Å². The fraction of sp³-hybridized carbons (Fsp3) is 0.100. The molecule has 0 radical (unpaired) electrons. The highest BCUT2D eigenvalue weighted by molar-refractivity contribution is 7.22. The highest BCUT2D eigenvalue weighted by Gasteiger charge is 1.99. The van der Waals surface area contributed by atoms with Gasteiger partial charge in [0.05, 0.1) is 11.6 Å². The van der Waals surface area contributed by atoms with Crippen LogP contribution >= 0.6 is 9.24 Å². The average molecular weight is 193 g/mol. The van der Waals surface area contributed by atoms with Crippen LogP contribution in [0.1, 0.15) is 18.1 Å². The number of benzene rings is 1. The summed E-state index contributed by atoms with van der Waals surface area (Å²) in [6.07, 6.45) is 0. The van der Waals surface area contributed by atoms with Crippen molar-refractivity contribution in [3.8, 4) is 6.07 Å². The third-order valence-corrected chi connectivity index (χ3v) is 2.24. The Bertz CT molecular complexity index is 369. The standard InChI is InChI=1S/C10H9FNP/c1-7(10(11)13)9-4-2-8(6-12)3-5-9/h2-5H,13H2,1H3/b10-7+. The zero-order valence-corrected chi connectivity index (χ0v) is 8.37. The predicted octanol–water partition coefficient (Wildman–Crippen LogP) is 3.09. The van der Waals surface area contributed by atoms with E-state index in [9.17, 15) is 4.39 Å². The van der Waals surface area contributed by atoms with Crippen molar-refractivity contribution in [2.75, 3.05) is 0 Å². The molecule has 0 saturated heterocycles. The molecule has 1 aromatic carbocycles. The van der Waals surface area contributed by atoms with E-state index in [1.54, 1.807) is 31.2 Å². The largest absolute Gasteiger partial charge is 0.207 e. The molecule has 3 heteroatoms. The van der Waals surface area contributed by atoms with Gasteiger partial charge < -0.3 is 0 Å². The van der Waals surface area contributed by atoms with Crippen molar-refractivity contribution in [2.24, 2.45) is 0 Å². The summed E-state index contributed by atoms with van der Waals surface area (Å²) in [5.74, 6) is 0. The van der Waals surface area contributed by atoms with Crippen molar-refractivity contribution < 1.29 is 4.39 Å². The van der Waals surface area contributed by atoms with Crippen LogP contribution in [0.25, 0.3) is 5.57 Å². The van der Waals surface area contributed by atoms with Gasteiger partial charge >= 0.3 is 0 Å². The Morgan fingerprint density at radius 2 is 1.92 bits per heavy atom. The van der Waals surface area contributed by atoms with Crippen LogP contribution < -0.4 is 0 Å². The number of allylic oxidation sites excluding steroid dienone is 1. The van der Waals surface area contributed by atoms with Crippen LogP contribution in [0, 0.1) is 11.3 Å². The monoisotopic (exact) mass is 193 g/mol. The van der Waals surface area contributed by atoms with Crippen LogP contribution in [-0.2, 0) is 0 Å². The Labute approximate surface area is 79.1 Å². The van der Waals surface area contributed by atoms with Crippen LogP contribution in [0.5, 0.6) is 0 Å². The molecule has 66 valence electrons. The zero-order valence-electron chi connectivity index (χ0n) is 7.21. The Morgan fingerprint density at radius 3 is 2.31 bits per heavy atom. The average Bonchev–Trinajstić information content (AvgIpc) is 2.17. The summed E-state index contributed by atoms with van der Waals surface area (Å²) < 4.78 is 12.7. The molecule has 1 aromatic rings. The van der Waals surface area contributed by atoms with E-state index in [2.05, 4.69) is 0 Å². The van der Waals surface area contributed by atoms with Gasteiger partial charge in [-0.25, -0.2) is 4.39 Å². The van der Waals surface area contributed by atoms with Gasteiger partial charge in [0.2, 0.25) is 0 Å². The predicted molar refractivity (Wildman–Crippen MR) is 54.6 cm³/mol. The number of nitriles is 1. The zero-order chi connectivity index (χ0) is 9.84. The summed E-state index contributed by atoms with van der Waals surface area (Å²) in [6, 6.07) is 8.82. The topological polar surface area (TPSA) is 23.8 Å². The molecule has 0 aliphatic heterocycles. The molecule has 0 spiro atoms. The molecule has 1 rings (SSSR count). The van der Waals surface area contributed by atoms with Crippen molar-refractivity contribution in [2.45, 2.75) is 6.92 Å². The lowest BCUT2D eigenvalue weighted by Crippen LogP contribution is -1.81. The van der Waals surface area contributed by atoms with E-state index < -0.39 is 0 Å². The molecule has 1 atom stereocenters. The second-order valence-electron chi connectivity index (χ2n) is 2.66. The first-order valence-electron chi connectivity index (χ1n) is 3.77. The van der Waals surface area contributed by atoms with Crippen molar-refractivity contribution in [1.29, 1.82) is 5.26 Å². The molecular formula is C10H9FNP. The van der Waals surface area contributed by atoms with E-state index in [1.165, 1.54) is 0 Å². The van der Waals surface area contributed by atoms with Crippen LogP contribution in [-0.4, -0.2) is 0 Å². The smallest absolute Gasteiger partial charge is 0.119 e. The van der Waals surface area contributed by atoms with Gasteiger partial charge in [-0.05, 0) is 30.2 Å². The van der Waals surface area contributed by atoms with E-state index in [0.29, 0.717) is 11.1 Å². The third-order valence-electron chi connectivity index (χ3n) is 1.81. The maximum Gasteiger partial charge on any atom is 0.119 e. The number of rotatable bonds is 1. The van der Waals surface area contributed by atoms with Crippen LogP contribution in [0.4, 0.5) is 4.39 Å². The SMILES string of the molecule is C/C(=C(/F)P)c1ccc(C#N)cc1. The minimum absolute atomic E-state index is 0.273. The van der Waals surface area contributed by atoms with Gasteiger partial charge in [-0.1, -0.05) is 21.4 Å².